The molecule has 0 saturated carbocycles. The van der Waals surface area contributed by atoms with Crippen molar-refractivity contribution in [2.24, 2.45) is 0 Å². The van der Waals surface area contributed by atoms with Crippen molar-refractivity contribution in [3.8, 4) is 17.2 Å². The van der Waals surface area contributed by atoms with Crippen molar-refractivity contribution in [2.75, 3.05) is 26.6 Å². The summed E-state index contributed by atoms with van der Waals surface area (Å²) in [6.45, 7) is 7.93. The molecule has 0 fully saturated rings. The number of methoxy groups -OCH3 is 3. The summed E-state index contributed by atoms with van der Waals surface area (Å²) in [7, 11) is 4.82. The minimum absolute atomic E-state index is 0.0247. The number of nitrogens with zero attached hydrogens (tertiary/aromatic N) is 1. The lowest BCUT2D eigenvalue weighted by Gasteiger charge is -2.35. The van der Waals surface area contributed by atoms with Crippen molar-refractivity contribution in [3.05, 3.63) is 83.9 Å². The molecule has 2 atom stereocenters. The van der Waals surface area contributed by atoms with Gasteiger partial charge in [0, 0.05) is 17.8 Å². The van der Waals surface area contributed by atoms with E-state index in [1.54, 1.807) is 26.2 Å². The first kappa shape index (κ1) is 27.7. The third kappa shape index (κ3) is 6.88. The number of ether oxygens (including phenoxy) is 4. The smallest absolute Gasteiger partial charge is 0.410 e. The lowest BCUT2D eigenvalue weighted by molar-refractivity contribution is 0.0370. The van der Waals surface area contributed by atoms with Gasteiger partial charge >= 0.3 is 6.09 Å². The first-order valence-electron chi connectivity index (χ1n) is 12.4. The molecule has 0 unspecified atom stereocenters. The van der Waals surface area contributed by atoms with Gasteiger partial charge in [-0.1, -0.05) is 36.4 Å². The van der Waals surface area contributed by atoms with Crippen LogP contribution in [0.5, 0.6) is 17.2 Å². The number of hydrogen-bond donors (Lipinski definition) is 1. The van der Waals surface area contributed by atoms with Crippen LogP contribution < -0.4 is 19.5 Å². The van der Waals surface area contributed by atoms with Gasteiger partial charge in [-0.15, -0.1) is 0 Å². The first-order chi connectivity index (χ1) is 17.8. The molecule has 1 amide bonds. The molecule has 0 aliphatic carbocycles. The molecule has 0 heterocycles. The summed E-state index contributed by atoms with van der Waals surface area (Å²) in [4.78, 5) is 15.3. The Hall–Kier alpha value is -3.87. The van der Waals surface area contributed by atoms with Crippen LogP contribution in [0.15, 0.2) is 72.8 Å². The molecule has 0 aliphatic heterocycles. The van der Waals surface area contributed by atoms with Gasteiger partial charge in [-0.3, -0.25) is 0 Å². The van der Waals surface area contributed by atoms with Crippen LogP contribution in [0, 0.1) is 0 Å². The quantitative estimate of drug-likeness (QED) is 0.306. The van der Waals surface area contributed by atoms with Gasteiger partial charge in [0.15, 0.2) is 17.6 Å². The van der Waals surface area contributed by atoms with Gasteiger partial charge in [0.25, 0.3) is 0 Å². The maximum atomic E-state index is 13.6. The minimum atomic E-state index is -0.684. The predicted octanol–water partition coefficient (Wildman–Crippen LogP) is 6.86. The summed E-state index contributed by atoms with van der Waals surface area (Å²) in [6, 6.07) is 22.7. The fourth-order valence-corrected chi connectivity index (χ4v) is 4.41. The van der Waals surface area contributed by atoms with Crippen LogP contribution in [0.2, 0.25) is 0 Å². The topological polar surface area (TPSA) is 69.3 Å². The molecule has 7 nitrogen and oxygen atoms in total. The van der Waals surface area contributed by atoms with Crippen molar-refractivity contribution in [3.63, 3.8) is 0 Å². The Morgan fingerprint density at radius 1 is 0.730 bits per heavy atom. The third-order valence-electron chi connectivity index (χ3n) is 6.16. The second-order valence-corrected chi connectivity index (χ2v) is 9.27. The Morgan fingerprint density at radius 3 is 1.89 bits per heavy atom. The van der Waals surface area contributed by atoms with Gasteiger partial charge in [-0.25, -0.2) is 4.79 Å². The molecule has 0 spiro atoms. The molecule has 3 rings (SSSR count). The zero-order chi connectivity index (χ0) is 26.9. The normalized spacial score (nSPS) is 12.6. The lowest BCUT2D eigenvalue weighted by atomic mass is 9.94. The van der Waals surface area contributed by atoms with Gasteiger partial charge in [0.1, 0.15) is 5.75 Å². The van der Waals surface area contributed by atoms with Crippen LogP contribution in [0.25, 0.3) is 0 Å². The van der Waals surface area contributed by atoms with E-state index < -0.39 is 12.1 Å². The maximum absolute atomic E-state index is 13.6. The highest BCUT2D eigenvalue weighted by molar-refractivity contribution is 5.69. The van der Waals surface area contributed by atoms with Crippen LogP contribution in [0.4, 0.5) is 10.5 Å². The Labute approximate surface area is 220 Å². The number of amides is 1. The molecule has 0 saturated heterocycles. The fraction of sp³-hybridized carbons (Fsp3) is 0.367. The number of carbonyl (C=O) groups excluding carboxylic acids is 1. The van der Waals surface area contributed by atoms with E-state index in [-0.39, 0.29) is 18.2 Å². The lowest BCUT2D eigenvalue weighted by Crippen LogP contribution is -2.43. The maximum Gasteiger partial charge on any atom is 0.410 e. The molecular weight excluding hydrogens is 468 g/mol. The fourth-order valence-electron chi connectivity index (χ4n) is 4.41. The van der Waals surface area contributed by atoms with Crippen molar-refractivity contribution in [2.45, 2.75) is 51.9 Å². The van der Waals surface area contributed by atoms with Crippen molar-refractivity contribution in [1.29, 1.82) is 0 Å². The highest BCUT2D eigenvalue weighted by Crippen LogP contribution is 2.39. The molecule has 0 radical (unpaired) electrons. The molecule has 0 aliphatic rings. The summed E-state index contributed by atoms with van der Waals surface area (Å²) in [5.74, 6) is 1.91. The van der Waals surface area contributed by atoms with Crippen LogP contribution in [0.3, 0.4) is 0 Å². The third-order valence-corrected chi connectivity index (χ3v) is 6.16. The summed E-state index contributed by atoms with van der Waals surface area (Å²) in [5.41, 5.74) is 2.60. The van der Waals surface area contributed by atoms with E-state index in [0.29, 0.717) is 11.5 Å². The average molecular weight is 507 g/mol. The Bertz CT molecular complexity index is 1120. The average Bonchev–Trinajstić information content (AvgIpc) is 2.90. The van der Waals surface area contributed by atoms with E-state index in [9.17, 15) is 4.79 Å². The summed E-state index contributed by atoms with van der Waals surface area (Å²) in [6.07, 6.45) is -1.07. The predicted molar refractivity (Wildman–Crippen MR) is 147 cm³/mol. The van der Waals surface area contributed by atoms with E-state index >= 15 is 0 Å². The first-order valence-corrected chi connectivity index (χ1v) is 12.4. The van der Waals surface area contributed by atoms with Crippen LogP contribution >= 0.6 is 0 Å². The van der Waals surface area contributed by atoms with Crippen LogP contribution in [-0.4, -0.2) is 44.4 Å². The molecular formula is C30H38N2O5. The van der Waals surface area contributed by atoms with E-state index in [0.717, 1.165) is 22.6 Å². The number of anilines is 1. The Balaban J connectivity index is 2.12. The van der Waals surface area contributed by atoms with E-state index in [1.807, 2.05) is 100 Å². The Kier molecular flexibility index (Phi) is 9.66. The van der Waals surface area contributed by atoms with Crippen molar-refractivity contribution < 1.29 is 23.7 Å². The number of hydrogen-bond acceptors (Lipinski definition) is 6. The van der Waals surface area contributed by atoms with E-state index in [4.69, 9.17) is 18.9 Å². The number of carbonyl (C=O) groups is 1. The molecule has 0 bridgehead atoms. The number of rotatable bonds is 11. The number of nitrogens with one attached hydrogen (secondary N) is 1. The van der Waals surface area contributed by atoms with Crippen LogP contribution in [-0.2, 0) is 4.74 Å². The minimum Gasteiger partial charge on any atom is -0.497 e. The van der Waals surface area contributed by atoms with Gasteiger partial charge in [0.2, 0.25) is 0 Å². The molecule has 1 N–H and O–H groups in total. The molecule has 7 heteroatoms. The van der Waals surface area contributed by atoms with E-state index in [2.05, 4.69) is 5.32 Å². The van der Waals surface area contributed by atoms with Crippen LogP contribution in [0.1, 0.15) is 51.0 Å². The summed E-state index contributed by atoms with van der Waals surface area (Å²) >= 11 is 0. The summed E-state index contributed by atoms with van der Waals surface area (Å²) < 4.78 is 22.7. The second-order valence-electron chi connectivity index (χ2n) is 9.27. The van der Waals surface area contributed by atoms with Crippen molar-refractivity contribution in [1.82, 2.24) is 4.90 Å². The van der Waals surface area contributed by atoms with Crippen molar-refractivity contribution >= 4 is 11.8 Å². The number of benzene rings is 3. The Morgan fingerprint density at radius 2 is 1.35 bits per heavy atom. The molecule has 37 heavy (non-hydrogen) atoms. The largest absolute Gasteiger partial charge is 0.497 e. The standard InChI is InChI=1S/C30H38N2O5/c1-20(2)32(21(3)4)30(33)37-29(23-13-18-26(35-6)27(19-23)36-7)28(22-11-9-8-10-12-22)31-24-14-16-25(34-5)17-15-24/h8-21,28-29,31H,1-7H3/t28-,29-/m1/s1. The van der Waals surface area contributed by atoms with E-state index in [1.165, 1.54) is 0 Å². The van der Waals surface area contributed by atoms with Gasteiger partial charge < -0.3 is 29.2 Å². The molecule has 3 aromatic carbocycles. The zero-order valence-electron chi connectivity index (χ0n) is 22.7. The summed E-state index contributed by atoms with van der Waals surface area (Å²) in [5, 5.41) is 3.59. The second kappa shape index (κ2) is 12.9. The molecule has 0 aromatic heterocycles. The van der Waals surface area contributed by atoms with Gasteiger partial charge in [0.05, 0.1) is 27.4 Å². The molecule has 198 valence electrons. The molecule has 3 aromatic rings. The highest BCUT2D eigenvalue weighted by atomic mass is 16.6. The SMILES string of the molecule is COc1ccc(N[C@H](c2ccccc2)[C@H](OC(=O)N(C(C)C)C(C)C)c2ccc(OC)c(OC)c2)cc1. The zero-order valence-corrected chi connectivity index (χ0v) is 22.7. The van der Waals surface area contributed by atoms with Gasteiger partial charge in [-0.2, -0.15) is 0 Å². The highest BCUT2D eigenvalue weighted by Gasteiger charge is 2.33. The monoisotopic (exact) mass is 506 g/mol. The van der Waals surface area contributed by atoms with Gasteiger partial charge in [-0.05, 0) is 75.2 Å².